The molecule has 0 aromatic carbocycles. The maximum atomic E-state index is 10.8. The van der Waals surface area contributed by atoms with Gasteiger partial charge < -0.3 is 10.6 Å². The topological polar surface area (TPSA) is 53.5 Å². The monoisotopic (exact) mass is 235 g/mol. The first-order chi connectivity index (χ1) is 6.71. The summed E-state index contributed by atoms with van der Waals surface area (Å²) >= 11 is 7.36. The molecule has 0 atom stereocenters. The van der Waals surface area contributed by atoms with Crippen LogP contribution >= 0.6 is 23.4 Å². The summed E-state index contributed by atoms with van der Waals surface area (Å²) in [5.41, 5.74) is 0.339. The fourth-order valence-corrected chi connectivity index (χ4v) is 1.17. The normalized spacial score (nSPS) is 13.3. The molecule has 0 unspecified atom stereocenters. The van der Waals surface area contributed by atoms with E-state index in [1.807, 2.05) is 6.26 Å². The van der Waals surface area contributed by atoms with Crippen LogP contribution in [0, 0.1) is 0 Å². The number of carbonyl (C=O) groups excluding carboxylic acids is 1. The number of halogens is 1. The van der Waals surface area contributed by atoms with E-state index in [-0.39, 0.29) is 5.16 Å². The van der Waals surface area contributed by atoms with Gasteiger partial charge in [0.2, 0.25) is 0 Å². The summed E-state index contributed by atoms with van der Waals surface area (Å²) in [5.74, 6) is 1.08. The molecule has 0 aliphatic carbocycles. The molecule has 2 N–H and O–H groups in total. The second-order valence-corrected chi connectivity index (χ2v) is 3.48. The Bertz CT molecular complexity index is 253. The summed E-state index contributed by atoms with van der Waals surface area (Å²) in [6.45, 7) is 0. The Kier molecular flexibility index (Phi) is 7.32. The van der Waals surface area contributed by atoms with Crippen LogP contribution in [0.5, 0.6) is 0 Å². The number of hydrogen-bond acceptors (Lipinski definition) is 4. The Morgan fingerprint density at radius 3 is 2.50 bits per heavy atom. The molecular weight excluding hydrogens is 222 g/mol. The van der Waals surface area contributed by atoms with Crippen molar-refractivity contribution in [2.75, 3.05) is 26.2 Å². The lowest BCUT2D eigenvalue weighted by Crippen LogP contribution is -2.24. The van der Waals surface area contributed by atoms with Crippen LogP contribution in [0.25, 0.3) is 0 Å². The zero-order valence-electron chi connectivity index (χ0n) is 8.43. The second-order valence-electron chi connectivity index (χ2n) is 2.27. The summed E-state index contributed by atoms with van der Waals surface area (Å²) in [6.07, 6.45) is 2.61. The third-order valence-corrected chi connectivity index (χ3v) is 2.20. The molecule has 6 heteroatoms. The number of aldehydes is 1. The molecule has 0 rings (SSSR count). The molecule has 0 spiro atoms. The summed E-state index contributed by atoms with van der Waals surface area (Å²) in [7, 11) is 3.34. The minimum atomic E-state index is 0.286. The van der Waals surface area contributed by atoms with E-state index < -0.39 is 0 Å². The molecule has 14 heavy (non-hydrogen) atoms. The summed E-state index contributed by atoms with van der Waals surface area (Å²) < 4.78 is 0. The van der Waals surface area contributed by atoms with E-state index in [1.165, 1.54) is 0 Å². The number of thioether (sulfide) groups is 1. The minimum Gasteiger partial charge on any atom is -0.378 e. The molecule has 0 aliphatic heterocycles. The van der Waals surface area contributed by atoms with Crippen molar-refractivity contribution in [2.45, 2.75) is 0 Å². The zero-order valence-corrected chi connectivity index (χ0v) is 10.00. The largest absolute Gasteiger partial charge is 0.378 e. The summed E-state index contributed by atoms with van der Waals surface area (Å²) in [4.78, 5) is 14.9. The number of aliphatic imine (C=N–C) groups is 1. The third kappa shape index (κ3) is 4.02. The maximum Gasteiger partial charge on any atom is 0.156 e. The van der Waals surface area contributed by atoms with Gasteiger partial charge in [-0.25, -0.2) is 0 Å². The molecule has 4 nitrogen and oxygen atoms in total. The van der Waals surface area contributed by atoms with Gasteiger partial charge in [0.1, 0.15) is 11.0 Å². The van der Waals surface area contributed by atoms with Crippen molar-refractivity contribution >= 4 is 35.5 Å². The Balaban J connectivity index is 4.88. The van der Waals surface area contributed by atoms with Crippen molar-refractivity contribution in [3.05, 3.63) is 10.7 Å². The van der Waals surface area contributed by atoms with Gasteiger partial charge in [-0.2, -0.15) is 0 Å². The number of rotatable bonds is 5. The highest BCUT2D eigenvalue weighted by Crippen LogP contribution is 2.05. The van der Waals surface area contributed by atoms with Crippen LogP contribution in [0.2, 0.25) is 0 Å². The van der Waals surface area contributed by atoms with E-state index in [0.717, 1.165) is 0 Å². The van der Waals surface area contributed by atoms with E-state index in [2.05, 4.69) is 15.6 Å². The molecule has 0 amide bonds. The average molecular weight is 236 g/mol. The van der Waals surface area contributed by atoms with Gasteiger partial charge in [0.15, 0.2) is 6.29 Å². The van der Waals surface area contributed by atoms with Crippen molar-refractivity contribution in [1.29, 1.82) is 0 Å². The SMILES string of the molecule is CN/C(Cl)=C(C=O)\C(=N/CSC)NC. The fraction of sp³-hybridized carbons (Fsp3) is 0.500. The van der Waals surface area contributed by atoms with Crippen LogP contribution < -0.4 is 10.6 Å². The number of nitrogens with one attached hydrogen (secondary N) is 2. The molecule has 0 aromatic heterocycles. The zero-order chi connectivity index (χ0) is 11.0. The lowest BCUT2D eigenvalue weighted by molar-refractivity contribution is -0.104. The number of amidine groups is 1. The van der Waals surface area contributed by atoms with Crippen molar-refractivity contribution in [2.24, 2.45) is 4.99 Å². The summed E-state index contributed by atoms with van der Waals surface area (Å²) in [6, 6.07) is 0. The van der Waals surface area contributed by atoms with Gasteiger partial charge >= 0.3 is 0 Å². The van der Waals surface area contributed by atoms with Crippen molar-refractivity contribution in [3.8, 4) is 0 Å². The highest BCUT2D eigenvalue weighted by Gasteiger charge is 2.08. The highest BCUT2D eigenvalue weighted by molar-refractivity contribution is 7.98. The van der Waals surface area contributed by atoms with Crippen LogP contribution in [-0.2, 0) is 4.79 Å². The summed E-state index contributed by atoms with van der Waals surface area (Å²) in [5, 5.41) is 5.81. The van der Waals surface area contributed by atoms with Crippen molar-refractivity contribution in [1.82, 2.24) is 10.6 Å². The van der Waals surface area contributed by atoms with Gasteiger partial charge in [-0.05, 0) is 6.26 Å². The van der Waals surface area contributed by atoms with Crippen LogP contribution in [0.3, 0.4) is 0 Å². The molecule has 0 radical (unpaired) electrons. The average Bonchev–Trinajstić information content (AvgIpc) is 2.23. The van der Waals surface area contributed by atoms with Gasteiger partial charge in [0, 0.05) is 14.1 Å². The lowest BCUT2D eigenvalue weighted by atomic mass is 10.3. The molecule has 0 fully saturated rings. The Hall–Kier alpha value is -0.680. The second kappa shape index (κ2) is 7.70. The first-order valence-corrected chi connectivity index (χ1v) is 5.72. The molecular formula is C8H14ClN3OS. The fourth-order valence-electron chi connectivity index (χ4n) is 0.774. The van der Waals surface area contributed by atoms with E-state index in [4.69, 9.17) is 11.6 Å². The van der Waals surface area contributed by atoms with Gasteiger partial charge in [0.05, 0.1) is 11.4 Å². The smallest absolute Gasteiger partial charge is 0.156 e. The number of hydrogen-bond donors (Lipinski definition) is 2. The molecule has 80 valence electrons. The predicted octanol–water partition coefficient (Wildman–Crippen LogP) is 0.793. The van der Waals surface area contributed by atoms with Gasteiger partial charge in [-0.15, -0.1) is 11.8 Å². The predicted molar refractivity (Wildman–Crippen MR) is 62.9 cm³/mol. The molecule has 0 saturated heterocycles. The number of nitrogens with zero attached hydrogens (tertiary/aromatic N) is 1. The third-order valence-electron chi connectivity index (χ3n) is 1.42. The van der Waals surface area contributed by atoms with Gasteiger partial charge in [0.25, 0.3) is 0 Å². The highest BCUT2D eigenvalue weighted by atomic mass is 35.5. The van der Waals surface area contributed by atoms with E-state index in [1.54, 1.807) is 25.9 Å². The van der Waals surface area contributed by atoms with E-state index in [0.29, 0.717) is 23.6 Å². The molecule has 0 aromatic rings. The first kappa shape index (κ1) is 13.3. The van der Waals surface area contributed by atoms with Gasteiger partial charge in [-0.1, -0.05) is 11.6 Å². The Morgan fingerprint density at radius 2 is 2.14 bits per heavy atom. The standard InChI is InChI=1S/C8H14ClN3OS/c1-10-7(9)6(4-13)8(11-2)12-5-14-3/h4,10H,5H2,1-3H3,(H,11,12)/b7-6-. The van der Waals surface area contributed by atoms with E-state index >= 15 is 0 Å². The van der Waals surface area contributed by atoms with Crippen LogP contribution in [0.15, 0.2) is 15.7 Å². The Labute approximate surface area is 93.2 Å². The van der Waals surface area contributed by atoms with Gasteiger partial charge in [-0.3, -0.25) is 9.79 Å². The van der Waals surface area contributed by atoms with Crippen LogP contribution in [0.4, 0.5) is 0 Å². The van der Waals surface area contributed by atoms with Crippen molar-refractivity contribution in [3.63, 3.8) is 0 Å². The Morgan fingerprint density at radius 1 is 1.50 bits per heavy atom. The van der Waals surface area contributed by atoms with Crippen LogP contribution in [-0.4, -0.2) is 38.3 Å². The van der Waals surface area contributed by atoms with E-state index in [9.17, 15) is 4.79 Å². The molecule has 0 saturated carbocycles. The maximum absolute atomic E-state index is 10.8. The molecule has 0 heterocycles. The minimum absolute atomic E-state index is 0.286. The number of likely N-dealkylation sites (N-methyl/N-ethyl adjacent to an activating group) is 1. The molecule has 0 aliphatic rings. The quantitative estimate of drug-likeness (QED) is 0.243. The van der Waals surface area contributed by atoms with Crippen molar-refractivity contribution < 1.29 is 4.79 Å². The lowest BCUT2D eigenvalue weighted by Gasteiger charge is -2.07. The van der Waals surface area contributed by atoms with Crippen LogP contribution in [0.1, 0.15) is 0 Å². The number of carbonyl (C=O) groups is 1. The first-order valence-electron chi connectivity index (χ1n) is 3.95. The molecule has 0 bridgehead atoms.